The van der Waals surface area contributed by atoms with Gasteiger partial charge < -0.3 is 5.11 Å². The quantitative estimate of drug-likeness (QED) is 0.302. The summed E-state index contributed by atoms with van der Waals surface area (Å²) in [5, 5.41) is 10.4. The van der Waals surface area contributed by atoms with Crippen LogP contribution in [0.5, 0.6) is 0 Å². The van der Waals surface area contributed by atoms with Crippen LogP contribution in [0, 0.1) is 63.1 Å². The van der Waals surface area contributed by atoms with Gasteiger partial charge in [0.2, 0.25) is 0 Å². The van der Waals surface area contributed by atoms with Crippen LogP contribution in [0.15, 0.2) is 23.8 Å². The zero-order valence-electron chi connectivity index (χ0n) is 26.4. The maximum absolute atomic E-state index is 11.8. The first kappa shape index (κ1) is 28.5. The standard InChI is InChI=1S/C19H28O2.C19H28O/c1-18-9-7-13(20)11-12(18)3-4-14-15-5-6-17(21)19(15,2)10-8-16(14)18;1-18-9-3-4-16(18)15-6-5-13-12-14(20)7-11-19(13,2)17(15)8-10-18/h11,14-17,21H,3-10H2,1-2H3;3,9,13,15-17H,4-8,10-12H2,1-2H3/t14-,15-,16-,17-,18-,19-;13-,15-,16-,17-,18-,19-/m00/s1. The topological polar surface area (TPSA) is 54.4 Å². The number of aliphatic hydroxyl groups excluding tert-OH is 1. The van der Waals surface area contributed by atoms with Gasteiger partial charge in [-0.15, -0.1) is 0 Å². The minimum absolute atomic E-state index is 0.0823. The first-order valence-electron chi connectivity index (χ1n) is 17.6. The number of rotatable bonds is 0. The Morgan fingerprint density at radius 3 is 2.29 bits per heavy atom. The molecule has 0 bridgehead atoms. The molecule has 6 fully saturated rings. The first-order valence-corrected chi connectivity index (χ1v) is 17.6. The highest BCUT2D eigenvalue weighted by Gasteiger charge is 2.59. The van der Waals surface area contributed by atoms with E-state index < -0.39 is 0 Å². The minimum atomic E-state index is -0.0823. The zero-order chi connectivity index (χ0) is 28.8. The second kappa shape index (κ2) is 9.90. The molecule has 8 rings (SSSR count). The van der Waals surface area contributed by atoms with E-state index in [-0.39, 0.29) is 16.9 Å². The molecule has 0 aromatic rings. The smallest absolute Gasteiger partial charge is 0.155 e. The summed E-state index contributed by atoms with van der Waals surface area (Å²) in [6.07, 6.45) is 25.4. The van der Waals surface area contributed by atoms with Gasteiger partial charge in [0.25, 0.3) is 0 Å². The van der Waals surface area contributed by atoms with Crippen molar-refractivity contribution in [2.45, 2.75) is 137 Å². The molecule has 0 unspecified atom stereocenters. The third-order valence-electron chi connectivity index (χ3n) is 15.7. The Hall–Kier alpha value is -1.22. The number of hydrogen-bond donors (Lipinski definition) is 1. The summed E-state index contributed by atoms with van der Waals surface area (Å²) < 4.78 is 0. The SMILES string of the molecule is C[C@]12CCC(=O)C[C@@H]1CC[C@@H]1[C@@H]2CC[C@]2(C)C=CC[C@@H]12.C[C@]12CC[C@H]3[C@@H](CCC4=CC(=O)CC[C@@]43C)[C@@H]1CC[C@@H]2O. The van der Waals surface area contributed by atoms with Gasteiger partial charge in [-0.1, -0.05) is 45.4 Å². The molecule has 3 nitrogen and oxygen atoms in total. The Morgan fingerprint density at radius 1 is 0.707 bits per heavy atom. The van der Waals surface area contributed by atoms with Crippen molar-refractivity contribution >= 4 is 11.6 Å². The molecule has 0 aromatic carbocycles. The van der Waals surface area contributed by atoms with Crippen LogP contribution >= 0.6 is 0 Å². The fraction of sp³-hybridized carbons (Fsp3) is 0.842. The molecule has 0 aliphatic heterocycles. The predicted octanol–water partition coefficient (Wildman–Crippen LogP) is 8.64. The average molecular weight is 561 g/mol. The van der Waals surface area contributed by atoms with Crippen LogP contribution in [-0.4, -0.2) is 22.8 Å². The van der Waals surface area contributed by atoms with Crippen LogP contribution in [0.4, 0.5) is 0 Å². The molecule has 226 valence electrons. The van der Waals surface area contributed by atoms with E-state index in [1.807, 2.05) is 6.08 Å². The summed E-state index contributed by atoms with van der Waals surface area (Å²) in [6.45, 7) is 9.79. The number of ketones is 2. The molecule has 8 aliphatic rings. The fourth-order valence-corrected chi connectivity index (χ4v) is 13.1. The molecule has 41 heavy (non-hydrogen) atoms. The highest BCUT2D eigenvalue weighted by atomic mass is 16.3. The average Bonchev–Trinajstić information content (AvgIpc) is 3.49. The molecule has 0 saturated heterocycles. The van der Waals surface area contributed by atoms with Crippen molar-refractivity contribution in [3.8, 4) is 0 Å². The zero-order valence-corrected chi connectivity index (χ0v) is 26.4. The first-order chi connectivity index (χ1) is 19.5. The van der Waals surface area contributed by atoms with Gasteiger partial charge in [0.15, 0.2) is 5.78 Å². The van der Waals surface area contributed by atoms with Crippen LogP contribution in [0.3, 0.4) is 0 Å². The monoisotopic (exact) mass is 560 g/mol. The van der Waals surface area contributed by atoms with Crippen molar-refractivity contribution in [2.24, 2.45) is 63.1 Å². The summed E-state index contributed by atoms with van der Waals surface area (Å²) in [6, 6.07) is 0. The van der Waals surface area contributed by atoms with E-state index >= 15 is 0 Å². The molecule has 12 atom stereocenters. The highest BCUT2D eigenvalue weighted by Crippen LogP contribution is 2.66. The van der Waals surface area contributed by atoms with E-state index in [0.29, 0.717) is 34.2 Å². The number of Topliss-reactive ketones (excluding diaryl/α,β-unsaturated/α-hetero) is 1. The summed E-state index contributed by atoms with van der Waals surface area (Å²) in [5.74, 6) is 6.53. The van der Waals surface area contributed by atoms with Gasteiger partial charge in [-0.3, -0.25) is 9.59 Å². The van der Waals surface area contributed by atoms with E-state index in [4.69, 9.17) is 0 Å². The van der Waals surface area contributed by atoms with Crippen molar-refractivity contribution < 1.29 is 14.7 Å². The number of allylic oxidation sites excluding steroid dienone is 3. The van der Waals surface area contributed by atoms with Crippen LogP contribution < -0.4 is 0 Å². The van der Waals surface area contributed by atoms with E-state index in [0.717, 1.165) is 68.1 Å². The van der Waals surface area contributed by atoms with E-state index in [1.54, 1.807) is 0 Å². The molecule has 3 heteroatoms. The Labute approximate surface area is 249 Å². The molecule has 0 amide bonds. The van der Waals surface area contributed by atoms with E-state index in [1.165, 1.54) is 69.8 Å². The molecule has 6 saturated carbocycles. The largest absolute Gasteiger partial charge is 0.393 e. The number of aliphatic hydroxyl groups is 1. The molecule has 0 heterocycles. The highest BCUT2D eigenvalue weighted by molar-refractivity contribution is 5.91. The van der Waals surface area contributed by atoms with Crippen molar-refractivity contribution in [1.82, 2.24) is 0 Å². The third kappa shape index (κ3) is 4.27. The van der Waals surface area contributed by atoms with Gasteiger partial charge in [-0.2, -0.15) is 0 Å². The molecule has 0 radical (unpaired) electrons. The second-order valence-electron chi connectivity index (χ2n) is 17.2. The van der Waals surface area contributed by atoms with E-state index in [2.05, 4.69) is 39.8 Å². The number of hydrogen-bond acceptors (Lipinski definition) is 3. The van der Waals surface area contributed by atoms with Gasteiger partial charge in [0, 0.05) is 19.3 Å². The Bertz CT molecular complexity index is 1150. The van der Waals surface area contributed by atoms with Gasteiger partial charge >= 0.3 is 0 Å². The molecule has 1 N–H and O–H groups in total. The van der Waals surface area contributed by atoms with Gasteiger partial charge in [-0.05, 0) is 153 Å². The Balaban J connectivity index is 0.000000135. The maximum Gasteiger partial charge on any atom is 0.155 e. The molecule has 0 aromatic heterocycles. The second-order valence-corrected chi connectivity index (χ2v) is 17.2. The lowest BCUT2D eigenvalue weighted by Gasteiger charge is -2.59. The van der Waals surface area contributed by atoms with Gasteiger partial charge in [-0.25, -0.2) is 0 Å². The molecule has 8 aliphatic carbocycles. The van der Waals surface area contributed by atoms with Crippen molar-refractivity contribution in [3.05, 3.63) is 23.8 Å². The van der Waals surface area contributed by atoms with Crippen LogP contribution in [-0.2, 0) is 9.59 Å². The van der Waals surface area contributed by atoms with E-state index in [9.17, 15) is 14.7 Å². The fourth-order valence-electron chi connectivity index (χ4n) is 13.1. The minimum Gasteiger partial charge on any atom is -0.393 e. The molecular weight excluding hydrogens is 504 g/mol. The lowest BCUT2D eigenvalue weighted by molar-refractivity contribution is -0.136. The van der Waals surface area contributed by atoms with Crippen molar-refractivity contribution in [3.63, 3.8) is 0 Å². The number of carbonyl (C=O) groups is 2. The summed E-state index contributed by atoms with van der Waals surface area (Å²) >= 11 is 0. The van der Waals surface area contributed by atoms with Gasteiger partial charge in [0.1, 0.15) is 5.78 Å². The Morgan fingerprint density at radius 2 is 1.46 bits per heavy atom. The Kier molecular flexibility index (Phi) is 6.89. The van der Waals surface area contributed by atoms with Crippen LogP contribution in [0.25, 0.3) is 0 Å². The normalized spacial score (nSPS) is 53.4. The summed E-state index contributed by atoms with van der Waals surface area (Å²) in [7, 11) is 0. The molecule has 0 spiro atoms. The van der Waals surface area contributed by atoms with Crippen molar-refractivity contribution in [1.29, 1.82) is 0 Å². The maximum atomic E-state index is 11.8. The van der Waals surface area contributed by atoms with Crippen LogP contribution in [0.1, 0.15) is 130 Å². The number of carbonyl (C=O) groups excluding carboxylic acids is 2. The predicted molar refractivity (Wildman–Crippen MR) is 164 cm³/mol. The summed E-state index contributed by atoms with van der Waals surface area (Å²) in [5.41, 5.74) is 2.85. The van der Waals surface area contributed by atoms with Crippen LogP contribution in [0.2, 0.25) is 0 Å². The third-order valence-corrected chi connectivity index (χ3v) is 15.7. The lowest BCUT2D eigenvalue weighted by atomic mass is 9.45. The summed E-state index contributed by atoms with van der Waals surface area (Å²) in [4.78, 5) is 23.6. The van der Waals surface area contributed by atoms with Gasteiger partial charge in [0.05, 0.1) is 6.10 Å². The number of fused-ring (bicyclic) bond motifs is 10. The van der Waals surface area contributed by atoms with Crippen molar-refractivity contribution in [2.75, 3.05) is 0 Å². The molecular formula is C38H56O3. The lowest BCUT2D eigenvalue weighted by Crippen LogP contribution is -2.52.